The molecule has 0 spiro atoms. The van der Waals surface area contributed by atoms with Gasteiger partial charge in [0.2, 0.25) is 0 Å². The van der Waals surface area contributed by atoms with Crippen molar-refractivity contribution in [1.29, 1.82) is 0 Å². The molecule has 0 saturated carbocycles. The molecular formula is C12H9NO4S. The molecule has 5 nitrogen and oxygen atoms in total. The van der Waals surface area contributed by atoms with Gasteiger partial charge in [0.15, 0.2) is 5.78 Å². The lowest BCUT2D eigenvalue weighted by Gasteiger charge is -2.02. The molecule has 18 heavy (non-hydrogen) atoms. The van der Waals surface area contributed by atoms with Crippen LogP contribution in [0.15, 0.2) is 64.7 Å². The van der Waals surface area contributed by atoms with E-state index in [4.69, 9.17) is 0 Å². The topological polar surface area (TPSA) is 72.8 Å². The van der Waals surface area contributed by atoms with Crippen molar-refractivity contribution in [3.8, 4) is 0 Å². The summed E-state index contributed by atoms with van der Waals surface area (Å²) in [5, 5.41) is 3.47. The quantitative estimate of drug-likeness (QED) is 0.611. The predicted molar refractivity (Wildman–Crippen MR) is 65.4 cm³/mol. The Morgan fingerprint density at radius 3 is 2.17 bits per heavy atom. The first-order chi connectivity index (χ1) is 8.58. The molecule has 1 aliphatic carbocycles. The van der Waals surface area contributed by atoms with E-state index in [1.54, 1.807) is 18.2 Å². The van der Waals surface area contributed by atoms with Crippen LogP contribution >= 0.6 is 0 Å². The van der Waals surface area contributed by atoms with Crippen LogP contribution in [0, 0.1) is 0 Å². The van der Waals surface area contributed by atoms with Crippen molar-refractivity contribution >= 4 is 21.6 Å². The minimum absolute atomic E-state index is 0.0224. The summed E-state index contributed by atoms with van der Waals surface area (Å²) in [6, 6.07) is 7.69. The Morgan fingerprint density at radius 1 is 0.944 bits per heavy atom. The normalized spacial score (nSPS) is 14.7. The van der Waals surface area contributed by atoms with Gasteiger partial charge in [-0.1, -0.05) is 23.4 Å². The summed E-state index contributed by atoms with van der Waals surface area (Å²) < 4.78 is 27.9. The van der Waals surface area contributed by atoms with E-state index in [1.165, 1.54) is 36.4 Å². The molecule has 0 bridgehead atoms. The molecule has 0 amide bonds. The highest BCUT2D eigenvalue weighted by Crippen LogP contribution is 2.12. The van der Waals surface area contributed by atoms with Crippen molar-refractivity contribution in [2.45, 2.75) is 4.90 Å². The number of carbonyl (C=O) groups excluding carboxylic acids is 1. The highest BCUT2D eigenvalue weighted by molar-refractivity contribution is 7.86. The molecule has 0 N–H and O–H groups in total. The first-order valence-corrected chi connectivity index (χ1v) is 6.45. The van der Waals surface area contributed by atoms with Crippen LogP contribution < -0.4 is 0 Å². The molecule has 0 aromatic heterocycles. The second-order valence-corrected chi connectivity index (χ2v) is 4.96. The van der Waals surface area contributed by atoms with E-state index in [9.17, 15) is 13.2 Å². The van der Waals surface area contributed by atoms with E-state index in [0.717, 1.165) is 0 Å². The lowest BCUT2D eigenvalue weighted by molar-refractivity contribution is -0.110. The average Bonchev–Trinajstić information content (AvgIpc) is 2.39. The van der Waals surface area contributed by atoms with E-state index in [0.29, 0.717) is 0 Å². The lowest BCUT2D eigenvalue weighted by atomic mass is 10.2. The zero-order valence-electron chi connectivity index (χ0n) is 9.18. The van der Waals surface area contributed by atoms with Crippen LogP contribution in [0.5, 0.6) is 0 Å². The van der Waals surface area contributed by atoms with Crippen molar-refractivity contribution < 1.29 is 17.5 Å². The van der Waals surface area contributed by atoms with Gasteiger partial charge in [-0.2, -0.15) is 8.42 Å². The summed E-state index contributed by atoms with van der Waals surface area (Å²) >= 11 is 0. The fourth-order valence-corrected chi connectivity index (χ4v) is 1.99. The fourth-order valence-electron chi connectivity index (χ4n) is 1.23. The SMILES string of the molecule is O=C1C=CC(=NOS(=O)(=O)c2ccccc2)C=C1. The molecular weight excluding hydrogens is 254 g/mol. The van der Waals surface area contributed by atoms with Gasteiger partial charge in [-0.15, -0.1) is 0 Å². The van der Waals surface area contributed by atoms with Crippen LogP contribution in [-0.4, -0.2) is 19.9 Å². The zero-order valence-corrected chi connectivity index (χ0v) is 10.0. The van der Waals surface area contributed by atoms with Gasteiger partial charge in [0.25, 0.3) is 0 Å². The number of allylic oxidation sites excluding steroid dienone is 4. The van der Waals surface area contributed by atoms with E-state index in [-0.39, 0.29) is 16.4 Å². The Balaban J connectivity index is 2.16. The van der Waals surface area contributed by atoms with Gasteiger partial charge in [-0.05, 0) is 36.4 Å². The van der Waals surface area contributed by atoms with Gasteiger partial charge in [0.05, 0.1) is 0 Å². The highest BCUT2D eigenvalue weighted by atomic mass is 32.2. The van der Waals surface area contributed by atoms with Crippen molar-refractivity contribution in [2.24, 2.45) is 5.16 Å². The molecule has 0 heterocycles. The standard InChI is InChI=1S/C12H9NO4S/c14-11-8-6-10(7-9-11)13-17-18(15,16)12-4-2-1-3-5-12/h1-9H. The van der Waals surface area contributed by atoms with Gasteiger partial charge in [-0.3, -0.25) is 9.08 Å². The monoisotopic (exact) mass is 263 g/mol. The Morgan fingerprint density at radius 2 is 1.56 bits per heavy atom. The summed E-state index contributed by atoms with van der Waals surface area (Å²) in [6.45, 7) is 0. The maximum atomic E-state index is 11.7. The molecule has 0 aliphatic heterocycles. The summed E-state index contributed by atoms with van der Waals surface area (Å²) in [4.78, 5) is 10.9. The Hall–Kier alpha value is -2.21. The molecule has 0 atom stereocenters. The van der Waals surface area contributed by atoms with Crippen LogP contribution in [-0.2, 0) is 19.2 Å². The number of hydrogen-bond acceptors (Lipinski definition) is 5. The summed E-state index contributed by atoms with van der Waals surface area (Å²) in [5.74, 6) is -0.181. The summed E-state index contributed by atoms with van der Waals surface area (Å²) in [6.07, 6.45) is 5.31. The van der Waals surface area contributed by atoms with Crippen LogP contribution in [0.2, 0.25) is 0 Å². The van der Waals surface area contributed by atoms with E-state index in [2.05, 4.69) is 9.44 Å². The maximum absolute atomic E-state index is 11.7. The largest absolute Gasteiger partial charge is 0.358 e. The highest BCUT2D eigenvalue weighted by Gasteiger charge is 2.15. The third-order valence-electron chi connectivity index (χ3n) is 2.11. The van der Waals surface area contributed by atoms with Crippen molar-refractivity contribution in [1.82, 2.24) is 0 Å². The van der Waals surface area contributed by atoms with Gasteiger partial charge in [0.1, 0.15) is 10.6 Å². The number of ketones is 1. The van der Waals surface area contributed by atoms with Gasteiger partial charge in [0, 0.05) is 0 Å². The van der Waals surface area contributed by atoms with E-state index in [1.807, 2.05) is 0 Å². The minimum atomic E-state index is -3.91. The van der Waals surface area contributed by atoms with E-state index < -0.39 is 10.1 Å². The summed E-state index contributed by atoms with van der Waals surface area (Å²) in [7, 11) is -3.91. The van der Waals surface area contributed by atoms with Gasteiger partial charge < -0.3 is 0 Å². The summed E-state index contributed by atoms with van der Waals surface area (Å²) in [5.41, 5.74) is 0.258. The third kappa shape index (κ3) is 2.92. The molecule has 1 aromatic rings. The molecule has 0 radical (unpaired) electrons. The second kappa shape index (κ2) is 4.97. The molecule has 1 aliphatic rings. The Labute approximate surface area is 104 Å². The molecule has 2 rings (SSSR count). The molecule has 92 valence electrons. The van der Waals surface area contributed by atoms with Crippen molar-refractivity contribution in [3.63, 3.8) is 0 Å². The first-order valence-electron chi connectivity index (χ1n) is 5.05. The fraction of sp³-hybridized carbons (Fsp3) is 0. The van der Waals surface area contributed by atoms with Crippen molar-refractivity contribution in [3.05, 3.63) is 54.6 Å². The second-order valence-electron chi connectivity index (χ2n) is 3.43. The van der Waals surface area contributed by atoms with Crippen molar-refractivity contribution in [2.75, 3.05) is 0 Å². The number of hydrogen-bond donors (Lipinski definition) is 0. The Kier molecular flexibility index (Phi) is 3.38. The maximum Gasteiger partial charge on any atom is 0.358 e. The predicted octanol–water partition coefficient (Wildman–Crippen LogP) is 1.44. The van der Waals surface area contributed by atoms with Crippen LogP contribution in [0.25, 0.3) is 0 Å². The Bertz CT molecular complexity index is 624. The smallest absolute Gasteiger partial charge is 0.290 e. The molecule has 0 unspecified atom stereocenters. The molecule has 0 fully saturated rings. The number of oxime groups is 1. The van der Waals surface area contributed by atoms with Gasteiger partial charge in [-0.25, -0.2) is 0 Å². The lowest BCUT2D eigenvalue weighted by Crippen LogP contribution is -2.05. The van der Waals surface area contributed by atoms with Crippen LogP contribution in [0.1, 0.15) is 0 Å². The number of benzene rings is 1. The average molecular weight is 263 g/mol. The number of carbonyl (C=O) groups is 1. The van der Waals surface area contributed by atoms with E-state index >= 15 is 0 Å². The molecule has 0 saturated heterocycles. The molecule has 1 aromatic carbocycles. The number of rotatable bonds is 3. The van der Waals surface area contributed by atoms with Gasteiger partial charge >= 0.3 is 10.1 Å². The van der Waals surface area contributed by atoms with Crippen LogP contribution in [0.3, 0.4) is 0 Å². The number of nitrogens with zero attached hydrogens (tertiary/aromatic N) is 1. The zero-order chi connectivity index (χ0) is 13.0. The first kappa shape index (κ1) is 12.3. The minimum Gasteiger partial charge on any atom is -0.290 e. The van der Waals surface area contributed by atoms with Crippen LogP contribution in [0.4, 0.5) is 0 Å². The molecule has 6 heteroatoms. The third-order valence-corrected chi connectivity index (χ3v) is 3.23.